The van der Waals surface area contributed by atoms with Crippen LogP contribution in [0.4, 0.5) is 0 Å². The molecule has 2 aromatic rings. The molecular formula is C11H8S3. The Labute approximate surface area is 97.0 Å². The molecule has 0 amide bonds. The molecule has 0 nitrogen and oxygen atoms in total. The fourth-order valence-corrected chi connectivity index (χ4v) is 3.04. The van der Waals surface area contributed by atoms with E-state index in [0.717, 1.165) is 4.20 Å². The summed E-state index contributed by atoms with van der Waals surface area (Å²) in [6, 6.07) is 14.3. The molecule has 0 aliphatic carbocycles. The van der Waals surface area contributed by atoms with Crippen LogP contribution in [0.1, 0.15) is 4.88 Å². The van der Waals surface area contributed by atoms with Gasteiger partial charge in [0.1, 0.15) is 0 Å². The van der Waals surface area contributed by atoms with Crippen molar-refractivity contribution in [2.75, 3.05) is 0 Å². The molecule has 0 unspecified atom stereocenters. The van der Waals surface area contributed by atoms with E-state index in [-0.39, 0.29) is 0 Å². The highest BCUT2D eigenvalue weighted by Crippen LogP contribution is 2.25. The fraction of sp³-hybridized carbons (Fsp3) is 0. The normalized spacial score (nSPS) is 10.0. The topological polar surface area (TPSA) is 0 Å². The van der Waals surface area contributed by atoms with E-state index in [2.05, 4.69) is 18.2 Å². The molecule has 70 valence electrons. The van der Waals surface area contributed by atoms with Gasteiger partial charge in [-0.25, -0.2) is 0 Å². The van der Waals surface area contributed by atoms with Gasteiger partial charge >= 0.3 is 0 Å². The molecule has 0 bridgehead atoms. The van der Waals surface area contributed by atoms with Gasteiger partial charge in [0, 0.05) is 4.90 Å². The van der Waals surface area contributed by atoms with Crippen LogP contribution in [0, 0.1) is 0 Å². The number of hydrogen-bond acceptors (Lipinski definition) is 3. The van der Waals surface area contributed by atoms with Crippen LogP contribution in [0.25, 0.3) is 0 Å². The lowest BCUT2D eigenvalue weighted by molar-refractivity contribution is 1.48. The van der Waals surface area contributed by atoms with Gasteiger partial charge in [0.25, 0.3) is 0 Å². The van der Waals surface area contributed by atoms with Crippen LogP contribution in [0.15, 0.2) is 52.7 Å². The van der Waals surface area contributed by atoms with E-state index in [1.807, 2.05) is 29.6 Å². The fourth-order valence-electron chi connectivity index (χ4n) is 1.04. The first-order valence-electron chi connectivity index (χ1n) is 4.17. The third kappa shape index (κ3) is 2.44. The van der Waals surface area contributed by atoms with Crippen LogP contribution in [-0.4, -0.2) is 4.20 Å². The van der Waals surface area contributed by atoms with Crippen LogP contribution in [0.2, 0.25) is 0 Å². The van der Waals surface area contributed by atoms with Crippen molar-refractivity contribution in [2.45, 2.75) is 4.90 Å². The van der Waals surface area contributed by atoms with Crippen molar-refractivity contribution in [2.24, 2.45) is 0 Å². The minimum atomic E-state index is 0.950. The molecule has 0 radical (unpaired) electrons. The molecule has 1 aromatic heterocycles. The van der Waals surface area contributed by atoms with E-state index in [0.29, 0.717) is 0 Å². The highest BCUT2D eigenvalue weighted by Gasteiger charge is 2.03. The van der Waals surface area contributed by atoms with Crippen molar-refractivity contribution >= 4 is 39.5 Å². The molecule has 0 N–H and O–H groups in total. The van der Waals surface area contributed by atoms with Crippen molar-refractivity contribution in [1.82, 2.24) is 0 Å². The first-order valence-corrected chi connectivity index (χ1v) is 6.27. The standard InChI is InChI=1S/C11H8S3/c12-11(10-7-4-8-13-10)14-9-5-2-1-3-6-9/h1-8H. The van der Waals surface area contributed by atoms with Gasteiger partial charge in [-0.05, 0) is 23.6 Å². The molecule has 0 aliphatic heterocycles. The first-order chi connectivity index (χ1) is 6.86. The minimum Gasteiger partial charge on any atom is -0.142 e. The van der Waals surface area contributed by atoms with E-state index in [1.54, 1.807) is 23.1 Å². The van der Waals surface area contributed by atoms with Gasteiger partial charge in [-0.3, -0.25) is 0 Å². The Bertz CT molecular complexity index is 403. The molecular weight excluding hydrogens is 228 g/mol. The summed E-state index contributed by atoms with van der Waals surface area (Å²) < 4.78 is 0.950. The van der Waals surface area contributed by atoms with Gasteiger partial charge in [0.15, 0.2) is 0 Å². The number of thiocarbonyl (C=S) groups is 1. The third-order valence-corrected chi connectivity index (χ3v) is 4.20. The van der Waals surface area contributed by atoms with Gasteiger partial charge < -0.3 is 0 Å². The van der Waals surface area contributed by atoms with Gasteiger partial charge in [-0.15, -0.1) is 11.3 Å². The summed E-state index contributed by atoms with van der Waals surface area (Å²) in [4.78, 5) is 2.37. The highest BCUT2D eigenvalue weighted by atomic mass is 32.2. The summed E-state index contributed by atoms with van der Waals surface area (Å²) in [6.07, 6.45) is 0. The van der Waals surface area contributed by atoms with E-state index in [9.17, 15) is 0 Å². The SMILES string of the molecule is S=C(Sc1ccccc1)c1cccs1. The maximum atomic E-state index is 5.33. The quantitative estimate of drug-likeness (QED) is 0.566. The minimum absolute atomic E-state index is 0.950. The number of thiophene rings is 1. The summed E-state index contributed by atoms with van der Waals surface area (Å²) >= 11 is 8.66. The zero-order chi connectivity index (χ0) is 9.80. The zero-order valence-corrected chi connectivity index (χ0v) is 9.79. The predicted molar refractivity (Wildman–Crippen MR) is 68.3 cm³/mol. The van der Waals surface area contributed by atoms with Gasteiger partial charge in [0.05, 0.1) is 9.07 Å². The second-order valence-corrected chi connectivity index (χ2v) is 5.38. The lowest BCUT2D eigenvalue weighted by Gasteiger charge is -1.99. The average Bonchev–Trinajstić information content (AvgIpc) is 2.72. The lowest BCUT2D eigenvalue weighted by atomic mass is 10.4. The number of thioether (sulfide) groups is 1. The van der Waals surface area contributed by atoms with Gasteiger partial charge in [0.2, 0.25) is 0 Å². The zero-order valence-electron chi connectivity index (χ0n) is 7.34. The van der Waals surface area contributed by atoms with Crippen LogP contribution >= 0.6 is 35.3 Å². The molecule has 0 spiro atoms. The molecule has 0 saturated heterocycles. The van der Waals surface area contributed by atoms with Crippen molar-refractivity contribution in [3.05, 3.63) is 52.7 Å². The smallest absolute Gasteiger partial charge is 0.0925 e. The maximum Gasteiger partial charge on any atom is 0.0925 e. The lowest BCUT2D eigenvalue weighted by Crippen LogP contribution is -1.85. The van der Waals surface area contributed by atoms with Crippen LogP contribution in [0.5, 0.6) is 0 Å². The molecule has 0 saturated carbocycles. The van der Waals surface area contributed by atoms with Crippen LogP contribution in [0.3, 0.4) is 0 Å². The van der Waals surface area contributed by atoms with Crippen molar-refractivity contribution in [1.29, 1.82) is 0 Å². The molecule has 14 heavy (non-hydrogen) atoms. The summed E-state index contributed by atoms with van der Waals surface area (Å²) in [7, 11) is 0. The second kappa shape index (κ2) is 4.73. The summed E-state index contributed by atoms with van der Waals surface area (Å²) in [5, 5.41) is 2.05. The van der Waals surface area contributed by atoms with Crippen LogP contribution in [-0.2, 0) is 0 Å². The highest BCUT2D eigenvalue weighted by molar-refractivity contribution is 8.24. The summed E-state index contributed by atoms with van der Waals surface area (Å²) in [6.45, 7) is 0. The van der Waals surface area contributed by atoms with Gasteiger partial charge in [-0.2, -0.15) is 0 Å². The average molecular weight is 236 g/mol. The molecule has 0 aliphatic rings. The van der Waals surface area contributed by atoms with Crippen LogP contribution < -0.4 is 0 Å². The molecule has 0 atom stereocenters. The number of hydrogen-bond donors (Lipinski definition) is 0. The molecule has 3 heteroatoms. The molecule has 1 heterocycles. The third-order valence-electron chi connectivity index (χ3n) is 1.68. The Morgan fingerprint density at radius 3 is 2.50 bits per heavy atom. The molecule has 0 fully saturated rings. The molecule has 2 rings (SSSR count). The maximum absolute atomic E-state index is 5.33. The van der Waals surface area contributed by atoms with E-state index in [1.165, 1.54) is 9.77 Å². The Morgan fingerprint density at radius 1 is 1.07 bits per heavy atom. The Hall–Kier alpha value is -0.640. The van der Waals surface area contributed by atoms with Crippen molar-refractivity contribution in [3.63, 3.8) is 0 Å². The van der Waals surface area contributed by atoms with Gasteiger partial charge in [-0.1, -0.05) is 48.2 Å². The molecule has 1 aromatic carbocycles. The predicted octanol–water partition coefficient (Wildman–Crippen LogP) is 4.22. The number of benzene rings is 1. The van der Waals surface area contributed by atoms with E-state index in [4.69, 9.17) is 12.2 Å². The van der Waals surface area contributed by atoms with Crippen molar-refractivity contribution in [3.8, 4) is 0 Å². The Morgan fingerprint density at radius 2 is 1.86 bits per heavy atom. The monoisotopic (exact) mass is 236 g/mol. The Balaban J connectivity index is 2.10. The first kappa shape index (κ1) is 9.90. The number of rotatable bonds is 2. The largest absolute Gasteiger partial charge is 0.142 e. The summed E-state index contributed by atoms with van der Waals surface area (Å²) in [5.41, 5.74) is 0. The summed E-state index contributed by atoms with van der Waals surface area (Å²) in [5.74, 6) is 0. The van der Waals surface area contributed by atoms with E-state index >= 15 is 0 Å². The Kier molecular flexibility index (Phi) is 3.35. The van der Waals surface area contributed by atoms with E-state index < -0.39 is 0 Å². The second-order valence-electron chi connectivity index (χ2n) is 2.68. The van der Waals surface area contributed by atoms with Crippen molar-refractivity contribution < 1.29 is 0 Å².